The maximum Gasteiger partial charge on any atom is 0.573 e. The maximum absolute atomic E-state index is 12.1. The molecule has 1 aromatic heterocycles. The van der Waals surface area contributed by atoms with E-state index in [9.17, 15) is 21.6 Å². The summed E-state index contributed by atoms with van der Waals surface area (Å²) in [6.45, 7) is 1.42. The van der Waals surface area contributed by atoms with Gasteiger partial charge in [0.1, 0.15) is 8.60 Å². The van der Waals surface area contributed by atoms with Gasteiger partial charge in [-0.2, -0.15) is 0 Å². The number of ether oxygens (including phenoxy) is 1. The van der Waals surface area contributed by atoms with Crippen LogP contribution in [0.15, 0.2) is 11.0 Å². The van der Waals surface area contributed by atoms with Gasteiger partial charge >= 0.3 is 6.36 Å². The summed E-state index contributed by atoms with van der Waals surface area (Å²) in [5.74, 6) is -0.918. The van der Waals surface area contributed by atoms with Gasteiger partial charge in [0.05, 0.1) is 0 Å². The molecule has 0 saturated carbocycles. The van der Waals surface area contributed by atoms with Crippen LogP contribution in [0.3, 0.4) is 0 Å². The highest BCUT2D eigenvalue weighted by Gasteiger charge is 2.35. The predicted molar refractivity (Wildman–Crippen MR) is 61.4 cm³/mol. The zero-order valence-electron chi connectivity index (χ0n) is 8.05. The predicted octanol–water partition coefficient (Wildman–Crippen LogP) is 2.82. The lowest BCUT2D eigenvalue weighted by Crippen LogP contribution is -2.20. The number of nitrogens with zero attached hydrogens (tertiary/aromatic N) is 1. The van der Waals surface area contributed by atoms with E-state index in [1.165, 1.54) is 29.5 Å². The van der Waals surface area contributed by atoms with E-state index in [0.717, 1.165) is 6.07 Å². The molecule has 0 aliphatic rings. The molecule has 1 rings (SSSR count). The number of aromatic nitrogens is 1. The molecule has 0 saturated heterocycles. The Bertz CT molecular complexity index is 546. The third-order valence-electron chi connectivity index (χ3n) is 1.51. The number of hydrogen-bond donors (Lipinski definition) is 0. The van der Waals surface area contributed by atoms with Crippen LogP contribution >= 0.6 is 33.3 Å². The van der Waals surface area contributed by atoms with E-state index in [1.807, 2.05) is 0 Å². The highest BCUT2D eigenvalue weighted by molar-refractivity contribution is 14.1. The smallest absolute Gasteiger partial charge is 0.402 e. The summed E-state index contributed by atoms with van der Waals surface area (Å²) >= 11 is 1.43. The molecule has 4 nitrogen and oxygen atoms in total. The summed E-state index contributed by atoms with van der Waals surface area (Å²) in [5.41, 5.74) is 0.211. The van der Waals surface area contributed by atoms with Gasteiger partial charge < -0.3 is 4.74 Å². The number of rotatable bonds is 2. The molecule has 96 valence electrons. The minimum atomic E-state index is -5.02. The van der Waals surface area contributed by atoms with Gasteiger partial charge in [0.2, 0.25) is 0 Å². The van der Waals surface area contributed by atoms with Crippen LogP contribution in [-0.4, -0.2) is 19.8 Å². The van der Waals surface area contributed by atoms with Crippen LogP contribution in [0.5, 0.6) is 5.75 Å². The third kappa shape index (κ3) is 4.14. The fraction of sp³-hybridized carbons (Fsp3) is 0.286. The van der Waals surface area contributed by atoms with E-state index < -0.39 is 26.1 Å². The molecule has 0 aliphatic heterocycles. The van der Waals surface area contributed by atoms with Crippen LogP contribution in [0.4, 0.5) is 13.2 Å². The molecule has 0 unspecified atom stereocenters. The molecule has 0 bridgehead atoms. The summed E-state index contributed by atoms with van der Waals surface area (Å²) in [7, 11) is 0.682. The lowest BCUT2D eigenvalue weighted by Gasteiger charge is -2.13. The quantitative estimate of drug-likeness (QED) is 0.434. The molecule has 1 aromatic rings. The van der Waals surface area contributed by atoms with Crippen LogP contribution in [0.25, 0.3) is 0 Å². The van der Waals surface area contributed by atoms with Crippen molar-refractivity contribution in [2.75, 3.05) is 0 Å². The van der Waals surface area contributed by atoms with E-state index in [2.05, 4.69) is 9.72 Å². The highest BCUT2D eigenvalue weighted by atomic mass is 127. The average Bonchev–Trinajstić information content (AvgIpc) is 2.05. The Hall–Kier alpha value is -0.290. The van der Waals surface area contributed by atoms with Gasteiger partial charge in [0.25, 0.3) is 9.05 Å². The minimum Gasteiger partial charge on any atom is -0.402 e. The Labute approximate surface area is 113 Å². The molecule has 0 N–H and O–H groups in total. The van der Waals surface area contributed by atoms with Crippen LogP contribution in [0, 0.1) is 10.6 Å². The van der Waals surface area contributed by atoms with E-state index in [0.29, 0.717) is 0 Å². The third-order valence-corrected chi connectivity index (χ3v) is 3.56. The van der Waals surface area contributed by atoms with Crippen molar-refractivity contribution in [3.63, 3.8) is 0 Å². The second kappa shape index (κ2) is 4.76. The Morgan fingerprint density at radius 3 is 2.41 bits per heavy atom. The second-order valence-corrected chi connectivity index (χ2v) is 6.42. The molecule has 0 aliphatic carbocycles. The summed E-state index contributed by atoms with van der Waals surface area (Å²) in [6.07, 6.45) is -5.02. The fourth-order valence-electron chi connectivity index (χ4n) is 0.984. The van der Waals surface area contributed by atoms with Gasteiger partial charge in [-0.3, -0.25) is 0 Å². The van der Waals surface area contributed by atoms with Crippen molar-refractivity contribution in [1.29, 1.82) is 0 Å². The Kier molecular flexibility index (Phi) is 4.14. The molecule has 0 radical (unpaired) electrons. The molecule has 10 heteroatoms. The second-order valence-electron chi connectivity index (χ2n) is 2.87. The monoisotopic (exact) mass is 401 g/mol. The topological polar surface area (TPSA) is 56.3 Å². The first-order chi connectivity index (χ1) is 7.50. The first-order valence-electron chi connectivity index (χ1n) is 3.88. The molecule has 0 aromatic carbocycles. The normalized spacial score (nSPS) is 12.6. The summed E-state index contributed by atoms with van der Waals surface area (Å²) in [6, 6.07) is 0.908. The molecule has 0 fully saturated rings. The first kappa shape index (κ1) is 14.8. The van der Waals surface area contributed by atoms with Crippen molar-refractivity contribution in [2.45, 2.75) is 18.2 Å². The molecule has 0 spiro atoms. The summed E-state index contributed by atoms with van der Waals surface area (Å²) in [5, 5.41) is 0. The van der Waals surface area contributed by atoms with Crippen molar-refractivity contribution in [3.8, 4) is 5.75 Å². The molecule has 0 atom stereocenters. The van der Waals surface area contributed by atoms with E-state index in [4.69, 9.17) is 10.7 Å². The lowest BCUT2D eigenvalue weighted by atomic mass is 10.4. The Morgan fingerprint density at radius 1 is 1.47 bits per heavy atom. The van der Waals surface area contributed by atoms with Crippen molar-refractivity contribution >= 4 is 42.3 Å². The van der Waals surface area contributed by atoms with E-state index in [1.54, 1.807) is 0 Å². The van der Waals surface area contributed by atoms with Crippen molar-refractivity contribution < 1.29 is 26.3 Å². The van der Waals surface area contributed by atoms with Crippen molar-refractivity contribution in [2.24, 2.45) is 0 Å². The molecule has 1 heterocycles. The van der Waals surface area contributed by atoms with Gasteiger partial charge in [0, 0.05) is 16.4 Å². The average molecular weight is 402 g/mol. The van der Waals surface area contributed by atoms with E-state index in [-0.39, 0.29) is 9.39 Å². The highest BCUT2D eigenvalue weighted by Crippen LogP contribution is 2.35. The van der Waals surface area contributed by atoms with Crippen LogP contribution in [0.2, 0.25) is 0 Å². The van der Waals surface area contributed by atoms with E-state index >= 15 is 0 Å². The van der Waals surface area contributed by atoms with Gasteiger partial charge in [-0.15, -0.1) is 13.2 Å². The lowest BCUT2D eigenvalue weighted by molar-refractivity contribution is -0.276. The Balaban J connectivity index is 3.47. The van der Waals surface area contributed by atoms with Crippen molar-refractivity contribution in [1.82, 2.24) is 4.98 Å². The van der Waals surface area contributed by atoms with Crippen molar-refractivity contribution in [3.05, 3.63) is 15.5 Å². The number of pyridine rings is 1. The molecular weight excluding hydrogens is 397 g/mol. The summed E-state index contributed by atoms with van der Waals surface area (Å²) in [4.78, 5) is 2.91. The number of alkyl halides is 3. The number of halogens is 5. The number of aryl methyl sites for hydroxylation is 1. The standard InChI is InChI=1S/C7H4ClF3INO3S/c1-3-2-4(17(8,14)15)5(6(12)13-3)16-7(9,10)11/h2H,1H3. The first-order valence-corrected chi connectivity index (χ1v) is 7.27. The molecule has 0 amide bonds. The fourth-order valence-corrected chi connectivity index (χ4v) is 2.96. The zero-order chi connectivity index (χ0) is 13.4. The van der Waals surface area contributed by atoms with Gasteiger partial charge in [-0.25, -0.2) is 13.4 Å². The number of hydrogen-bond acceptors (Lipinski definition) is 4. The van der Waals surface area contributed by atoms with Crippen LogP contribution < -0.4 is 4.74 Å². The maximum atomic E-state index is 12.1. The summed E-state index contributed by atoms with van der Waals surface area (Å²) < 4.78 is 61.9. The van der Waals surface area contributed by atoms with Gasteiger partial charge in [-0.1, -0.05) is 0 Å². The van der Waals surface area contributed by atoms with Gasteiger partial charge in [-0.05, 0) is 35.6 Å². The van der Waals surface area contributed by atoms with Gasteiger partial charge in [0.15, 0.2) is 5.75 Å². The molecular formula is C7H4ClF3INO3S. The zero-order valence-corrected chi connectivity index (χ0v) is 11.8. The van der Waals surface area contributed by atoms with Crippen LogP contribution in [-0.2, 0) is 9.05 Å². The minimum absolute atomic E-state index is 0.211. The largest absolute Gasteiger partial charge is 0.573 e. The molecule has 17 heavy (non-hydrogen) atoms. The SMILES string of the molecule is Cc1cc(S(=O)(=O)Cl)c(OC(F)(F)F)c(I)n1. The van der Waals surface area contributed by atoms with Crippen LogP contribution in [0.1, 0.15) is 5.69 Å². The Morgan fingerprint density at radius 2 is 2.00 bits per heavy atom.